The molecule has 0 rings (SSSR count). The van der Waals surface area contributed by atoms with E-state index in [1.54, 1.807) is 0 Å². The maximum absolute atomic E-state index is 3.25. The molecule has 0 heterocycles. The molecular formula is C6H10Zr. The largest absolute Gasteiger partial charge is 2.00 e. The van der Waals surface area contributed by atoms with E-state index in [0.29, 0.717) is 0 Å². The molecular weight excluding hydrogens is 163 g/mol. The van der Waals surface area contributed by atoms with Gasteiger partial charge in [0.05, 0.1) is 0 Å². The molecule has 0 fully saturated rings. The van der Waals surface area contributed by atoms with Crippen molar-refractivity contribution < 1.29 is 26.2 Å². The minimum atomic E-state index is 0. The van der Waals surface area contributed by atoms with Crippen LogP contribution in [-0.2, 0) is 26.2 Å². The number of allylic oxidation sites excluding steroid dienone is 2. The summed E-state index contributed by atoms with van der Waals surface area (Å²) >= 11 is 0. The molecule has 7 heavy (non-hydrogen) atoms. The average Bonchev–Trinajstić information content (AvgIpc) is 1.39. The zero-order valence-corrected chi connectivity index (χ0v) is 6.94. The van der Waals surface area contributed by atoms with E-state index in [0.717, 1.165) is 0 Å². The Morgan fingerprint density at radius 1 is 1.00 bits per heavy atom. The Hall–Kier alpha value is 0.103. The van der Waals surface area contributed by atoms with E-state index in [2.05, 4.69) is 27.0 Å². The molecule has 1 heteroatoms. The van der Waals surface area contributed by atoms with Crippen LogP contribution in [0.1, 0.15) is 0 Å². The quantitative estimate of drug-likeness (QED) is 0.492. The molecule has 0 amide bonds. The summed E-state index contributed by atoms with van der Waals surface area (Å²) in [4.78, 5) is 0. The summed E-state index contributed by atoms with van der Waals surface area (Å²) in [6.07, 6.45) is 3.00. The molecule has 0 atom stereocenters. The van der Waals surface area contributed by atoms with Gasteiger partial charge in [0, 0.05) is 0 Å². The van der Waals surface area contributed by atoms with Gasteiger partial charge in [0.1, 0.15) is 0 Å². The van der Waals surface area contributed by atoms with Crippen LogP contribution in [0.4, 0.5) is 0 Å². The number of hydrogen-bond acceptors (Lipinski definition) is 0. The van der Waals surface area contributed by atoms with Gasteiger partial charge in [0.25, 0.3) is 0 Å². The monoisotopic (exact) mass is 172 g/mol. The summed E-state index contributed by atoms with van der Waals surface area (Å²) in [6, 6.07) is 0. The van der Waals surface area contributed by atoms with Crippen molar-refractivity contribution >= 4 is 0 Å². The van der Waals surface area contributed by atoms with Gasteiger partial charge in [0.15, 0.2) is 0 Å². The second kappa shape index (κ2) is 35.9. The summed E-state index contributed by atoms with van der Waals surface area (Å²) in [5.41, 5.74) is 0. The molecule has 0 aromatic rings. The minimum Gasteiger partial charge on any atom is -0.245 e. The van der Waals surface area contributed by atoms with Crippen LogP contribution in [0, 0.1) is 13.8 Å². The molecule has 0 N–H and O–H groups in total. The van der Waals surface area contributed by atoms with Crippen LogP contribution < -0.4 is 0 Å². The summed E-state index contributed by atoms with van der Waals surface area (Å²) in [5, 5.41) is 0. The summed E-state index contributed by atoms with van der Waals surface area (Å²) < 4.78 is 0. The standard InChI is InChI=1S/2C3H5.Zr/c2*1-3-2;/h2*3H,1-2H2;/q2*-1;+2. The molecule has 0 aromatic heterocycles. The van der Waals surface area contributed by atoms with Crippen molar-refractivity contribution in [1.82, 2.24) is 0 Å². The molecule has 0 saturated heterocycles. The van der Waals surface area contributed by atoms with Crippen molar-refractivity contribution in [3.05, 3.63) is 39.2 Å². The van der Waals surface area contributed by atoms with Gasteiger partial charge in [-0.05, 0) is 0 Å². The Morgan fingerprint density at radius 3 is 1.00 bits per heavy atom. The van der Waals surface area contributed by atoms with Crippen LogP contribution in [-0.4, -0.2) is 0 Å². The topological polar surface area (TPSA) is 0 Å². The van der Waals surface area contributed by atoms with Crippen LogP contribution in [0.15, 0.2) is 25.3 Å². The van der Waals surface area contributed by atoms with Gasteiger partial charge in [-0.25, -0.2) is 39.2 Å². The molecule has 0 radical (unpaired) electrons. The van der Waals surface area contributed by atoms with Crippen molar-refractivity contribution in [3.63, 3.8) is 0 Å². The molecule has 0 saturated carbocycles. The second-order valence-corrected chi connectivity index (χ2v) is 0.577. The van der Waals surface area contributed by atoms with E-state index in [9.17, 15) is 0 Å². The summed E-state index contributed by atoms with van der Waals surface area (Å²) in [6.45, 7) is 13.0. The van der Waals surface area contributed by atoms with E-state index in [1.807, 2.05) is 0 Å². The third-order valence-corrected chi connectivity index (χ3v) is 0. The SMILES string of the molecule is C=C[CH2-].C=C[CH2-].[Zr+2]. The van der Waals surface area contributed by atoms with Gasteiger partial charge in [-0.3, -0.25) is 0 Å². The van der Waals surface area contributed by atoms with Gasteiger partial charge in [0.2, 0.25) is 0 Å². The molecule has 0 nitrogen and oxygen atoms in total. The maximum Gasteiger partial charge on any atom is 2.00 e. The minimum absolute atomic E-state index is 0. The van der Waals surface area contributed by atoms with Gasteiger partial charge >= 0.3 is 26.2 Å². The molecule has 38 valence electrons. The first-order chi connectivity index (χ1) is 2.83. The zero-order chi connectivity index (χ0) is 5.41. The Labute approximate surface area is 65.4 Å². The first kappa shape index (κ1) is 15.7. The second-order valence-electron chi connectivity index (χ2n) is 0.577. The summed E-state index contributed by atoms with van der Waals surface area (Å²) in [7, 11) is 0. The van der Waals surface area contributed by atoms with Crippen molar-refractivity contribution in [1.29, 1.82) is 0 Å². The average molecular weight is 173 g/mol. The van der Waals surface area contributed by atoms with Crippen molar-refractivity contribution in [2.75, 3.05) is 0 Å². The van der Waals surface area contributed by atoms with E-state index in [4.69, 9.17) is 0 Å². The Kier molecular flexibility index (Phi) is 80.7. The molecule has 0 aliphatic heterocycles. The zero-order valence-electron chi connectivity index (χ0n) is 4.48. The number of rotatable bonds is 0. The predicted molar refractivity (Wildman–Crippen MR) is 31.1 cm³/mol. The third kappa shape index (κ3) is 9660. The van der Waals surface area contributed by atoms with E-state index in [1.165, 1.54) is 12.2 Å². The fraction of sp³-hybridized carbons (Fsp3) is 0. The first-order valence-corrected chi connectivity index (χ1v) is 1.63. The normalized spacial score (nSPS) is 3.43. The van der Waals surface area contributed by atoms with Crippen LogP contribution in [0.3, 0.4) is 0 Å². The van der Waals surface area contributed by atoms with Crippen LogP contribution in [0.2, 0.25) is 0 Å². The smallest absolute Gasteiger partial charge is 0.245 e. The van der Waals surface area contributed by atoms with Gasteiger partial charge in [-0.1, -0.05) is 0 Å². The molecule has 0 bridgehead atoms. The fourth-order valence-electron chi connectivity index (χ4n) is 0. The molecule has 0 unspecified atom stereocenters. The molecule has 0 spiro atoms. The Bertz CT molecular complexity index is 25.2. The first-order valence-electron chi connectivity index (χ1n) is 1.63. The van der Waals surface area contributed by atoms with E-state index in [-0.39, 0.29) is 26.2 Å². The number of hydrogen-bond donors (Lipinski definition) is 0. The predicted octanol–water partition coefficient (Wildman–Crippen LogP) is 2.01. The van der Waals surface area contributed by atoms with Crippen LogP contribution >= 0.6 is 0 Å². The third-order valence-electron chi connectivity index (χ3n) is 0. The molecule has 0 aromatic carbocycles. The van der Waals surface area contributed by atoms with Gasteiger partial charge in [-0.15, -0.1) is 0 Å². The Balaban J connectivity index is -0.0000000400. The van der Waals surface area contributed by atoms with Crippen molar-refractivity contribution in [3.8, 4) is 0 Å². The summed E-state index contributed by atoms with van der Waals surface area (Å²) in [5.74, 6) is 0. The van der Waals surface area contributed by atoms with Crippen molar-refractivity contribution in [2.45, 2.75) is 0 Å². The maximum atomic E-state index is 3.25. The molecule has 0 aliphatic carbocycles. The van der Waals surface area contributed by atoms with Gasteiger partial charge in [-0.2, -0.15) is 0 Å². The van der Waals surface area contributed by atoms with Gasteiger partial charge < -0.3 is 0 Å². The van der Waals surface area contributed by atoms with E-state index >= 15 is 0 Å². The Morgan fingerprint density at radius 2 is 1.00 bits per heavy atom. The van der Waals surface area contributed by atoms with E-state index < -0.39 is 0 Å². The van der Waals surface area contributed by atoms with Crippen LogP contribution in [0.25, 0.3) is 0 Å². The molecule has 0 aliphatic rings. The fourth-order valence-corrected chi connectivity index (χ4v) is 0. The van der Waals surface area contributed by atoms with Crippen LogP contribution in [0.5, 0.6) is 0 Å². The van der Waals surface area contributed by atoms with Crippen molar-refractivity contribution in [2.24, 2.45) is 0 Å².